The van der Waals surface area contributed by atoms with Crippen LogP contribution < -0.4 is 10.1 Å². The molecular formula is C15H21NO3. The van der Waals surface area contributed by atoms with Crippen LogP contribution in [-0.2, 0) is 10.2 Å². The van der Waals surface area contributed by atoms with Crippen LogP contribution in [-0.4, -0.2) is 25.3 Å². The number of carbonyl (C=O) groups excluding carboxylic acids is 2. The summed E-state index contributed by atoms with van der Waals surface area (Å²) >= 11 is 0. The fourth-order valence-corrected chi connectivity index (χ4v) is 1.69. The third-order valence-corrected chi connectivity index (χ3v) is 2.86. The van der Waals surface area contributed by atoms with Gasteiger partial charge in [0.05, 0.1) is 19.2 Å². The quantitative estimate of drug-likeness (QED) is 0.848. The minimum absolute atomic E-state index is 0.0146. The van der Waals surface area contributed by atoms with Crippen molar-refractivity contribution in [2.75, 3.05) is 13.7 Å². The number of hydrogen-bond acceptors (Lipinski definition) is 3. The highest BCUT2D eigenvalue weighted by molar-refractivity contribution is 6.01. The molecule has 0 heterocycles. The Morgan fingerprint density at radius 2 is 1.89 bits per heavy atom. The number of nitrogens with one attached hydrogen (secondary N) is 1. The minimum atomic E-state index is -0.223. The van der Waals surface area contributed by atoms with Crippen LogP contribution in [0, 0.1) is 0 Å². The Bertz CT molecular complexity index is 487. The van der Waals surface area contributed by atoms with Gasteiger partial charge >= 0.3 is 0 Å². The summed E-state index contributed by atoms with van der Waals surface area (Å²) < 4.78 is 5.21. The normalized spacial score (nSPS) is 11.0. The Morgan fingerprint density at radius 1 is 1.26 bits per heavy atom. The van der Waals surface area contributed by atoms with Gasteiger partial charge in [-0.25, -0.2) is 0 Å². The van der Waals surface area contributed by atoms with Gasteiger partial charge in [-0.05, 0) is 23.1 Å². The molecule has 0 aliphatic heterocycles. The first kappa shape index (κ1) is 15.2. The van der Waals surface area contributed by atoms with Crippen molar-refractivity contribution in [2.24, 2.45) is 0 Å². The largest absolute Gasteiger partial charge is 0.496 e. The molecule has 0 aromatic heterocycles. The molecular weight excluding hydrogens is 242 g/mol. The van der Waals surface area contributed by atoms with Crippen molar-refractivity contribution >= 4 is 11.7 Å². The van der Waals surface area contributed by atoms with E-state index in [1.165, 1.54) is 14.0 Å². The standard InChI is InChI=1S/C15H21NO3/c1-10(17)16-9-13(18)12-8-11(15(2,3)4)6-7-14(12)19-5/h6-8H,9H2,1-5H3,(H,16,17). The van der Waals surface area contributed by atoms with Crippen molar-refractivity contribution < 1.29 is 14.3 Å². The first-order chi connectivity index (χ1) is 8.75. The number of ketones is 1. The molecule has 0 aliphatic rings. The molecule has 0 saturated carbocycles. The summed E-state index contributed by atoms with van der Waals surface area (Å²) in [6.45, 7) is 7.61. The van der Waals surface area contributed by atoms with Crippen LogP contribution in [0.15, 0.2) is 18.2 Å². The Kier molecular flexibility index (Phi) is 4.70. The van der Waals surface area contributed by atoms with Crippen molar-refractivity contribution in [3.63, 3.8) is 0 Å². The molecule has 0 spiro atoms. The van der Waals surface area contributed by atoms with E-state index < -0.39 is 0 Å². The second-order valence-corrected chi connectivity index (χ2v) is 5.50. The molecule has 0 radical (unpaired) electrons. The van der Waals surface area contributed by atoms with Gasteiger partial charge in [0.1, 0.15) is 5.75 Å². The number of rotatable bonds is 4. The van der Waals surface area contributed by atoms with Crippen molar-refractivity contribution in [3.8, 4) is 5.75 Å². The van der Waals surface area contributed by atoms with Gasteiger partial charge in [-0.3, -0.25) is 9.59 Å². The van der Waals surface area contributed by atoms with Crippen LogP contribution in [0.4, 0.5) is 0 Å². The van der Waals surface area contributed by atoms with Crippen LogP contribution in [0.5, 0.6) is 5.75 Å². The topological polar surface area (TPSA) is 55.4 Å². The molecule has 0 saturated heterocycles. The third kappa shape index (κ3) is 4.09. The second kappa shape index (κ2) is 5.87. The van der Waals surface area contributed by atoms with Gasteiger partial charge < -0.3 is 10.1 Å². The first-order valence-electron chi connectivity index (χ1n) is 6.22. The lowest BCUT2D eigenvalue weighted by atomic mass is 9.85. The van der Waals surface area contributed by atoms with Crippen LogP contribution in [0.3, 0.4) is 0 Å². The maximum absolute atomic E-state index is 12.1. The first-order valence-corrected chi connectivity index (χ1v) is 6.22. The molecule has 1 aromatic carbocycles. The Labute approximate surface area is 114 Å². The summed E-state index contributed by atoms with van der Waals surface area (Å²) in [4.78, 5) is 23.0. The van der Waals surface area contributed by atoms with Crippen LogP contribution >= 0.6 is 0 Å². The van der Waals surface area contributed by atoms with Gasteiger partial charge in [0, 0.05) is 6.92 Å². The van der Waals surface area contributed by atoms with Gasteiger partial charge in [0.25, 0.3) is 0 Å². The Hall–Kier alpha value is -1.84. The van der Waals surface area contributed by atoms with Crippen molar-refractivity contribution in [2.45, 2.75) is 33.1 Å². The molecule has 0 fully saturated rings. The highest BCUT2D eigenvalue weighted by Gasteiger charge is 2.19. The molecule has 0 unspecified atom stereocenters. The summed E-state index contributed by atoms with van der Waals surface area (Å²) in [5.74, 6) is 0.154. The lowest BCUT2D eigenvalue weighted by Crippen LogP contribution is -2.27. The fourth-order valence-electron chi connectivity index (χ4n) is 1.69. The summed E-state index contributed by atoms with van der Waals surface area (Å²) in [5.41, 5.74) is 1.51. The highest BCUT2D eigenvalue weighted by Crippen LogP contribution is 2.28. The minimum Gasteiger partial charge on any atom is -0.496 e. The molecule has 0 aliphatic carbocycles. The number of hydrogen-bond donors (Lipinski definition) is 1. The van der Waals surface area contributed by atoms with Crippen molar-refractivity contribution in [1.29, 1.82) is 0 Å². The van der Waals surface area contributed by atoms with Crippen LogP contribution in [0.1, 0.15) is 43.6 Å². The summed E-state index contributed by atoms with van der Waals surface area (Å²) in [5, 5.41) is 2.51. The number of ether oxygens (including phenoxy) is 1. The zero-order valence-electron chi connectivity index (χ0n) is 12.2. The zero-order chi connectivity index (χ0) is 14.6. The van der Waals surface area contributed by atoms with Crippen molar-refractivity contribution in [3.05, 3.63) is 29.3 Å². The summed E-state index contributed by atoms with van der Waals surface area (Å²) in [6.07, 6.45) is 0. The molecule has 1 rings (SSSR count). The highest BCUT2D eigenvalue weighted by atomic mass is 16.5. The van der Waals surface area contributed by atoms with E-state index in [1.54, 1.807) is 6.07 Å². The van der Waals surface area contributed by atoms with E-state index in [1.807, 2.05) is 12.1 Å². The molecule has 19 heavy (non-hydrogen) atoms. The number of benzene rings is 1. The van der Waals surface area contributed by atoms with Crippen LogP contribution in [0.25, 0.3) is 0 Å². The van der Waals surface area contributed by atoms with Crippen LogP contribution in [0.2, 0.25) is 0 Å². The molecule has 1 N–H and O–H groups in total. The molecule has 4 nitrogen and oxygen atoms in total. The monoisotopic (exact) mass is 263 g/mol. The van der Waals surface area contributed by atoms with E-state index in [0.717, 1.165) is 5.56 Å². The van der Waals surface area contributed by atoms with Gasteiger partial charge in [0.2, 0.25) is 5.91 Å². The maximum atomic E-state index is 12.1. The molecule has 1 amide bonds. The zero-order valence-corrected chi connectivity index (χ0v) is 12.2. The molecule has 0 atom stereocenters. The van der Waals surface area contributed by atoms with E-state index in [4.69, 9.17) is 4.74 Å². The van der Waals surface area contributed by atoms with E-state index in [9.17, 15) is 9.59 Å². The molecule has 1 aromatic rings. The number of methoxy groups -OCH3 is 1. The summed E-state index contributed by atoms with van der Waals surface area (Å²) in [7, 11) is 1.53. The van der Waals surface area contributed by atoms with E-state index in [2.05, 4.69) is 26.1 Å². The fraction of sp³-hybridized carbons (Fsp3) is 0.467. The average molecular weight is 263 g/mol. The Balaban J connectivity index is 3.09. The van der Waals surface area contributed by atoms with E-state index in [-0.39, 0.29) is 23.7 Å². The number of Topliss-reactive ketones (excluding diaryl/α,β-unsaturated/α-hetero) is 1. The average Bonchev–Trinajstić information content (AvgIpc) is 2.33. The summed E-state index contributed by atoms with van der Waals surface area (Å²) in [6, 6.07) is 5.58. The lowest BCUT2D eigenvalue weighted by Gasteiger charge is -2.20. The third-order valence-electron chi connectivity index (χ3n) is 2.86. The molecule has 4 heteroatoms. The number of amides is 1. The maximum Gasteiger partial charge on any atom is 0.217 e. The smallest absolute Gasteiger partial charge is 0.217 e. The van der Waals surface area contributed by atoms with Crippen molar-refractivity contribution in [1.82, 2.24) is 5.32 Å². The Morgan fingerprint density at radius 3 is 2.37 bits per heavy atom. The van der Waals surface area contributed by atoms with Gasteiger partial charge in [-0.2, -0.15) is 0 Å². The molecule has 0 bridgehead atoms. The SMILES string of the molecule is COc1ccc(C(C)(C)C)cc1C(=O)CNC(C)=O. The predicted molar refractivity (Wildman–Crippen MR) is 74.7 cm³/mol. The van der Waals surface area contributed by atoms with Gasteiger partial charge in [-0.15, -0.1) is 0 Å². The van der Waals surface area contributed by atoms with E-state index >= 15 is 0 Å². The lowest BCUT2D eigenvalue weighted by molar-refractivity contribution is -0.118. The van der Waals surface area contributed by atoms with Gasteiger partial charge in [0.15, 0.2) is 5.78 Å². The second-order valence-electron chi connectivity index (χ2n) is 5.50. The van der Waals surface area contributed by atoms with E-state index in [0.29, 0.717) is 11.3 Å². The predicted octanol–water partition coefficient (Wildman–Crippen LogP) is 2.31. The number of carbonyl (C=O) groups is 2. The molecule has 104 valence electrons. The van der Waals surface area contributed by atoms with Gasteiger partial charge in [-0.1, -0.05) is 26.8 Å².